The molecule has 0 atom stereocenters. The van der Waals surface area contributed by atoms with Crippen molar-refractivity contribution in [3.63, 3.8) is 0 Å². The van der Waals surface area contributed by atoms with E-state index in [1.54, 1.807) is 11.3 Å². The van der Waals surface area contributed by atoms with Gasteiger partial charge in [-0.15, -0.1) is 11.3 Å². The molecule has 3 heterocycles. The van der Waals surface area contributed by atoms with Gasteiger partial charge in [-0.3, -0.25) is 4.98 Å². The first-order chi connectivity index (χ1) is 25.2. The van der Waals surface area contributed by atoms with Crippen LogP contribution in [0.2, 0.25) is 0 Å². The molecular formula is C47H29N3S. The number of benzene rings is 7. The number of fused-ring (bicyclic) bond motifs is 5. The molecule has 0 fully saturated rings. The van der Waals surface area contributed by atoms with Gasteiger partial charge >= 0.3 is 0 Å². The molecule has 10 aromatic rings. The van der Waals surface area contributed by atoms with E-state index in [1.807, 2.05) is 24.4 Å². The minimum absolute atomic E-state index is 0.699. The fraction of sp³-hybridized carbons (Fsp3) is 0. The van der Waals surface area contributed by atoms with E-state index in [1.165, 1.54) is 36.3 Å². The normalized spacial score (nSPS) is 11.5. The number of pyridine rings is 1. The SMILES string of the molecule is c1ccc(-c2nc(-c3cc(-c4ccc5ccccc5c4)cc(-c4ccnc5c4sc4ccccc45)c3)cc(-c3ccc4ccccc4c3)n2)cc1. The molecule has 3 aromatic heterocycles. The third-order valence-corrected chi connectivity index (χ3v) is 10.9. The topological polar surface area (TPSA) is 38.7 Å². The van der Waals surface area contributed by atoms with Crippen molar-refractivity contribution in [3.05, 3.63) is 176 Å². The maximum Gasteiger partial charge on any atom is 0.160 e. The highest BCUT2D eigenvalue weighted by Gasteiger charge is 2.17. The van der Waals surface area contributed by atoms with Crippen LogP contribution < -0.4 is 0 Å². The first kappa shape index (κ1) is 29.4. The summed E-state index contributed by atoms with van der Waals surface area (Å²) in [5.74, 6) is 0.699. The molecule has 0 aliphatic heterocycles. The van der Waals surface area contributed by atoms with Gasteiger partial charge in [0.2, 0.25) is 0 Å². The lowest BCUT2D eigenvalue weighted by molar-refractivity contribution is 1.18. The highest BCUT2D eigenvalue weighted by molar-refractivity contribution is 7.26. The Kier molecular flexibility index (Phi) is 7.00. The standard InChI is InChI=1S/C47H29N3S/c1-2-12-32(13-3-1)47-49-42(36-21-19-31-11-5-7-15-34(31)25-36)29-43(50-47)39-27-37(35-20-18-30-10-4-6-14-33(30)24-35)26-38(28-39)40-22-23-48-45-41-16-8-9-17-44(41)51-46(40)45/h1-29H. The molecular weight excluding hydrogens is 639 g/mol. The van der Waals surface area contributed by atoms with Crippen LogP contribution in [0, 0.1) is 0 Å². The van der Waals surface area contributed by atoms with Gasteiger partial charge in [-0.05, 0) is 86.8 Å². The zero-order valence-corrected chi connectivity index (χ0v) is 28.3. The summed E-state index contributed by atoms with van der Waals surface area (Å²) < 4.78 is 2.42. The molecule has 7 aromatic carbocycles. The molecule has 0 saturated carbocycles. The maximum absolute atomic E-state index is 5.26. The van der Waals surface area contributed by atoms with Gasteiger partial charge < -0.3 is 0 Å². The summed E-state index contributed by atoms with van der Waals surface area (Å²) in [6.45, 7) is 0. The molecule has 0 spiro atoms. The van der Waals surface area contributed by atoms with Gasteiger partial charge in [0.05, 0.1) is 21.6 Å². The highest BCUT2D eigenvalue weighted by atomic mass is 32.1. The zero-order valence-electron chi connectivity index (χ0n) is 27.5. The Morgan fingerprint density at radius 2 is 1.00 bits per heavy atom. The van der Waals surface area contributed by atoms with Crippen LogP contribution in [0.3, 0.4) is 0 Å². The largest absolute Gasteiger partial charge is 0.255 e. The van der Waals surface area contributed by atoms with E-state index < -0.39 is 0 Å². The summed E-state index contributed by atoms with van der Waals surface area (Å²) in [6.07, 6.45) is 1.94. The first-order valence-electron chi connectivity index (χ1n) is 17.1. The molecule has 0 N–H and O–H groups in total. The predicted molar refractivity (Wildman–Crippen MR) is 215 cm³/mol. The Bertz CT molecular complexity index is 2930. The monoisotopic (exact) mass is 667 g/mol. The fourth-order valence-corrected chi connectivity index (χ4v) is 8.30. The Hall–Kier alpha value is -6.49. The second-order valence-corrected chi connectivity index (χ2v) is 13.9. The van der Waals surface area contributed by atoms with Gasteiger partial charge in [-0.25, -0.2) is 9.97 Å². The van der Waals surface area contributed by atoms with Gasteiger partial charge in [0.25, 0.3) is 0 Å². The minimum atomic E-state index is 0.699. The molecule has 10 rings (SSSR count). The molecule has 238 valence electrons. The second kappa shape index (κ2) is 12.1. The number of hydrogen-bond donors (Lipinski definition) is 0. The Morgan fingerprint density at radius 3 is 1.78 bits per heavy atom. The van der Waals surface area contributed by atoms with Crippen LogP contribution in [0.4, 0.5) is 0 Å². The number of nitrogens with zero attached hydrogens (tertiary/aromatic N) is 3. The third-order valence-electron chi connectivity index (χ3n) is 9.68. The Morgan fingerprint density at radius 1 is 0.392 bits per heavy atom. The highest BCUT2D eigenvalue weighted by Crippen LogP contribution is 2.41. The van der Waals surface area contributed by atoms with Gasteiger partial charge in [0.15, 0.2) is 5.82 Å². The van der Waals surface area contributed by atoms with E-state index in [9.17, 15) is 0 Å². The van der Waals surface area contributed by atoms with Crippen LogP contribution >= 0.6 is 11.3 Å². The quantitative estimate of drug-likeness (QED) is 0.183. The Balaban J connectivity index is 1.23. The Labute approximate surface area is 299 Å². The summed E-state index contributed by atoms with van der Waals surface area (Å²) in [5, 5.41) is 6.01. The van der Waals surface area contributed by atoms with Crippen molar-refractivity contribution in [2.24, 2.45) is 0 Å². The van der Waals surface area contributed by atoms with Crippen LogP contribution in [0.25, 0.3) is 98.0 Å². The van der Waals surface area contributed by atoms with Crippen molar-refractivity contribution in [1.82, 2.24) is 15.0 Å². The zero-order chi connectivity index (χ0) is 33.7. The first-order valence-corrected chi connectivity index (χ1v) is 17.9. The van der Waals surface area contributed by atoms with E-state index >= 15 is 0 Å². The fourth-order valence-electron chi connectivity index (χ4n) is 7.11. The number of aromatic nitrogens is 3. The molecule has 0 saturated heterocycles. The van der Waals surface area contributed by atoms with Crippen molar-refractivity contribution in [1.29, 1.82) is 0 Å². The van der Waals surface area contributed by atoms with Crippen LogP contribution in [-0.4, -0.2) is 15.0 Å². The third kappa shape index (κ3) is 5.34. The lowest BCUT2D eigenvalue weighted by atomic mass is 9.93. The van der Waals surface area contributed by atoms with Crippen molar-refractivity contribution in [2.75, 3.05) is 0 Å². The average Bonchev–Trinajstić information content (AvgIpc) is 3.59. The summed E-state index contributed by atoms with van der Waals surface area (Å²) in [6, 6.07) is 60.3. The number of rotatable bonds is 5. The van der Waals surface area contributed by atoms with E-state index in [4.69, 9.17) is 15.0 Å². The molecule has 0 aliphatic carbocycles. The van der Waals surface area contributed by atoms with E-state index in [0.717, 1.165) is 55.8 Å². The summed E-state index contributed by atoms with van der Waals surface area (Å²) in [7, 11) is 0. The van der Waals surface area contributed by atoms with E-state index in [-0.39, 0.29) is 0 Å². The van der Waals surface area contributed by atoms with Crippen LogP contribution in [0.15, 0.2) is 176 Å². The second-order valence-electron chi connectivity index (χ2n) is 12.9. The van der Waals surface area contributed by atoms with Crippen molar-refractivity contribution in [2.45, 2.75) is 0 Å². The van der Waals surface area contributed by atoms with Gasteiger partial charge in [-0.1, -0.05) is 121 Å². The number of thiophene rings is 1. The van der Waals surface area contributed by atoms with Crippen LogP contribution in [0.5, 0.6) is 0 Å². The molecule has 0 unspecified atom stereocenters. The molecule has 0 amide bonds. The molecule has 0 bridgehead atoms. The molecule has 4 heteroatoms. The van der Waals surface area contributed by atoms with Crippen molar-refractivity contribution < 1.29 is 0 Å². The predicted octanol–water partition coefficient (Wildman–Crippen LogP) is 12.9. The van der Waals surface area contributed by atoms with Gasteiger partial charge in [-0.2, -0.15) is 0 Å². The smallest absolute Gasteiger partial charge is 0.160 e. The van der Waals surface area contributed by atoms with Crippen molar-refractivity contribution >= 4 is 53.2 Å². The van der Waals surface area contributed by atoms with Gasteiger partial charge in [0, 0.05) is 38.5 Å². The molecule has 0 aliphatic rings. The maximum atomic E-state index is 5.26. The average molecular weight is 668 g/mol. The molecule has 3 nitrogen and oxygen atoms in total. The van der Waals surface area contributed by atoms with Crippen LogP contribution in [0.1, 0.15) is 0 Å². The molecule has 0 radical (unpaired) electrons. The summed E-state index contributed by atoms with van der Waals surface area (Å²) in [5.41, 5.74) is 10.4. The molecule has 51 heavy (non-hydrogen) atoms. The van der Waals surface area contributed by atoms with Crippen molar-refractivity contribution in [3.8, 4) is 56.2 Å². The van der Waals surface area contributed by atoms with Crippen LogP contribution in [-0.2, 0) is 0 Å². The lowest BCUT2D eigenvalue weighted by Gasteiger charge is -2.14. The van der Waals surface area contributed by atoms with E-state index in [0.29, 0.717) is 5.82 Å². The minimum Gasteiger partial charge on any atom is -0.255 e. The van der Waals surface area contributed by atoms with Gasteiger partial charge in [0.1, 0.15) is 0 Å². The summed E-state index contributed by atoms with van der Waals surface area (Å²) in [4.78, 5) is 15.3. The summed E-state index contributed by atoms with van der Waals surface area (Å²) >= 11 is 1.80. The lowest BCUT2D eigenvalue weighted by Crippen LogP contribution is -1.96. The number of hydrogen-bond acceptors (Lipinski definition) is 4. The van der Waals surface area contributed by atoms with E-state index in [2.05, 4.69) is 152 Å².